The largest absolute Gasteiger partial charge is 0.360 e. The van der Waals surface area contributed by atoms with Crippen molar-refractivity contribution in [3.8, 4) is 21.8 Å². The molecule has 0 aliphatic heterocycles. The Balaban J connectivity index is 1.40. The molecule has 1 amide bonds. The second kappa shape index (κ2) is 7.33. The molecule has 0 unspecified atom stereocenters. The van der Waals surface area contributed by atoms with Crippen LogP contribution < -0.4 is 5.32 Å². The standard InChI is InChI=1S/C23H16N4OS/c28-22(19-13-25-20-9-2-1-8-18(19)20)26-17-7-3-5-15(11-17)21-14-29-23(27-21)16-6-4-10-24-12-16/h1-14,25H,(H,26,28). The lowest BCUT2D eigenvalue weighted by molar-refractivity contribution is 0.102. The van der Waals surface area contributed by atoms with E-state index < -0.39 is 0 Å². The Hall–Kier alpha value is -3.77. The number of aromatic amines is 1. The third kappa shape index (κ3) is 3.41. The van der Waals surface area contributed by atoms with Gasteiger partial charge in [-0.05, 0) is 30.3 Å². The van der Waals surface area contributed by atoms with Crippen molar-refractivity contribution in [1.29, 1.82) is 0 Å². The number of amides is 1. The Morgan fingerprint density at radius 2 is 1.90 bits per heavy atom. The lowest BCUT2D eigenvalue weighted by Gasteiger charge is -2.06. The van der Waals surface area contributed by atoms with E-state index in [1.54, 1.807) is 29.9 Å². The summed E-state index contributed by atoms with van der Waals surface area (Å²) in [5.74, 6) is -0.145. The van der Waals surface area contributed by atoms with Crippen LogP contribution in [0.4, 0.5) is 5.69 Å². The average Bonchev–Trinajstić information content (AvgIpc) is 3.42. The van der Waals surface area contributed by atoms with Gasteiger partial charge in [-0.15, -0.1) is 11.3 Å². The van der Waals surface area contributed by atoms with Gasteiger partial charge in [0, 0.05) is 51.7 Å². The van der Waals surface area contributed by atoms with Crippen molar-refractivity contribution in [1.82, 2.24) is 15.0 Å². The fourth-order valence-corrected chi connectivity index (χ4v) is 4.06. The van der Waals surface area contributed by atoms with Crippen molar-refractivity contribution in [3.63, 3.8) is 0 Å². The lowest BCUT2D eigenvalue weighted by Crippen LogP contribution is -2.11. The van der Waals surface area contributed by atoms with E-state index in [-0.39, 0.29) is 5.91 Å². The number of carbonyl (C=O) groups excluding carboxylic acids is 1. The molecule has 0 aliphatic carbocycles. The van der Waals surface area contributed by atoms with Gasteiger partial charge in [0.05, 0.1) is 11.3 Å². The minimum absolute atomic E-state index is 0.145. The fourth-order valence-electron chi connectivity index (χ4n) is 3.24. The number of H-pyrrole nitrogens is 1. The lowest BCUT2D eigenvalue weighted by atomic mass is 10.1. The van der Waals surface area contributed by atoms with E-state index in [2.05, 4.69) is 15.3 Å². The molecule has 0 fully saturated rings. The molecule has 5 nitrogen and oxygen atoms in total. The maximum Gasteiger partial charge on any atom is 0.257 e. The molecule has 0 radical (unpaired) electrons. The number of hydrogen-bond donors (Lipinski definition) is 2. The molecule has 6 heteroatoms. The van der Waals surface area contributed by atoms with Crippen LogP contribution in [0, 0.1) is 0 Å². The number of benzene rings is 2. The Morgan fingerprint density at radius 1 is 1.00 bits per heavy atom. The predicted octanol–water partition coefficient (Wildman–Crippen LogP) is 5.61. The molecule has 0 atom stereocenters. The van der Waals surface area contributed by atoms with Crippen LogP contribution in [-0.4, -0.2) is 20.9 Å². The highest BCUT2D eigenvalue weighted by atomic mass is 32.1. The number of para-hydroxylation sites is 1. The van der Waals surface area contributed by atoms with Gasteiger partial charge in [-0.3, -0.25) is 9.78 Å². The van der Waals surface area contributed by atoms with Crippen molar-refractivity contribution in [2.24, 2.45) is 0 Å². The number of fused-ring (bicyclic) bond motifs is 1. The molecule has 0 bridgehead atoms. The quantitative estimate of drug-likeness (QED) is 0.415. The van der Waals surface area contributed by atoms with E-state index in [1.807, 2.05) is 66.0 Å². The van der Waals surface area contributed by atoms with Crippen LogP contribution in [0.15, 0.2) is 84.6 Å². The van der Waals surface area contributed by atoms with E-state index in [0.29, 0.717) is 5.56 Å². The molecule has 5 rings (SSSR count). The van der Waals surface area contributed by atoms with Crippen LogP contribution in [-0.2, 0) is 0 Å². The van der Waals surface area contributed by atoms with Gasteiger partial charge in [0.15, 0.2) is 0 Å². The number of pyridine rings is 1. The highest BCUT2D eigenvalue weighted by Gasteiger charge is 2.13. The fraction of sp³-hybridized carbons (Fsp3) is 0. The molecule has 0 saturated heterocycles. The molecule has 0 aliphatic rings. The Kier molecular flexibility index (Phi) is 4.38. The molecule has 140 valence electrons. The first kappa shape index (κ1) is 17.3. The van der Waals surface area contributed by atoms with E-state index in [1.165, 1.54) is 0 Å². The van der Waals surface area contributed by atoms with E-state index in [9.17, 15) is 4.79 Å². The molecule has 3 heterocycles. The van der Waals surface area contributed by atoms with Crippen LogP contribution in [0.25, 0.3) is 32.7 Å². The first-order valence-electron chi connectivity index (χ1n) is 9.12. The number of aromatic nitrogens is 3. The molecule has 2 aromatic carbocycles. The molecule has 29 heavy (non-hydrogen) atoms. The summed E-state index contributed by atoms with van der Waals surface area (Å²) in [6, 6.07) is 19.4. The van der Waals surface area contributed by atoms with Crippen LogP contribution in [0.3, 0.4) is 0 Å². The Morgan fingerprint density at radius 3 is 2.79 bits per heavy atom. The number of hydrogen-bond acceptors (Lipinski definition) is 4. The number of rotatable bonds is 4. The highest BCUT2D eigenvalue weighted by molar-refractivity contribution is 7.13. The second-order valence-electron chi connectivity index (χ2n) is 6.56. The molecule has 2 N–H and O–H groups in total. The number of carbonyl (C=O) groups is 1. The van der Waals surface area contributed by atoms with Gasteiger partial charge in [-0.2, -0.15) is 0 Å². The van der Waals surface area contributed by atoms with Crippen molar-refractivity contribution in [2.75, 3.05) is 5.32 Å². The average molecular weight is 396 g/mol. The van der Waals surface area contributed by atoms with Gasteiger partial charge < -0.3 is 10.3 Å². The predicted molar refractivity (Wildman–Crippen MR) is 117 cm³/mol. The number of thiazole rings is 1. The van der Waals surface area contributed by atoms with Crippen molar-refractivity contribution in [3.05, 3.63) is 90.2 Å². The van der Waals surface area contributed by atoms with Gasteiger partial charge >= 0.3 is 0 Å². The second-order valence-corrected chi connectivity index (χ2v) is 7.42. The summed E-state index contributed by atoms with van der Waals surface area (Å²) in [6.07, 6.45) is 5.29. The van der Waals surface area contributed by atoms with Gasteiger partial charge in [-0.1, -0.05) is 30.3 Å². The molecular weight excluding hydrogens is 380 g/mol. The maximum atomic E-state index is 12.8. The van der Waals surface area contributed by atoms with E-state index >= 15 is 0 Å². The molecule has 5 aromatic rings. The van der Waals surface area contributed by atoms with Gasteiger partial charge in [0.25, 0.3) is 5.91 Å². The summed E-state index contributed by atoms with van der Waals surface area (Å²) in [4.78, 5) is 24.8. The molecule has 3 aromatic heterocycles. The van der Waals surface area contributed by atoms with Crippen LogP contribution in [0.1, 0.15) is 10.4 Å². The number of nitrogens with zero attached hydrogens (tertiary/aromatic N) is 2. The zero-order valence-electron chi connectivity index (χ0n) is 15.3. The summed E-state index contributed by atoms with van der Waals surface area (Å²) in [7, 11) is 0. The maximum absolute atomic E-state index is 12.8. The van der Waals surface area contributed by atoms with E-state index in [4.69, 9.17) is 4.98 Å². The van der Waals surface area contributed by atoms with Crippen molar-refractivity contribution >= 4 is 33.8 Å². The van der Waals surface area contributed by atoms with Crippen molar-refractivity contribution in [2.45, 2.75) is 0 Å². The summed E-state index contributed by atoms with van der Waals surface area (Å²) in [6.45, 7) is 0. The van der Waals surface area contributed by atoms with Gasteiger partial charge in [0.1, 0.15) is 5.01 Å². The summed E-state index contributed by atoms with van der Waals surface area (Å²) < 4.78 is 0. The molecule has 0 spiro atoms. The first-order valence-corrected chi connectivity index (χ1v) is 10.00. The van der Waals surface area contributed by atoms with E-state index in [0.717, 1.165) is 38.4 Å². The Bertz CT molecular complexity index is 1310. The third-order valence-corrected chi connectivity index (χ3v) is 5.55. The molecule has 0 saturated carbocycles. The zero-order valence-corrected chi connectivity index (χ0v) is 16.1. The summed E-state index contributed by atoms with van der Waals surface area (Å²) >= 11 is 1.57. The normalized spacial score (nSPS) is 10.9. The Labute approximate surface area is 171 Å². The van der Waals surface area contributed by atoms with Crippen molar-refractivity contribution < 1.29 is 4.79 Å². The third-order valence-electron chi connectivity index (χ3n) is 4.66. The topological polar surface area (TPSA) is 70.7 Å². The number of anilines is 1. The van der Waals surface area contributed by atoms with Crippen LogP contribution in [0.5, 0.6) is 0 Å². The minimum Gasteiger partial charge on any atom is -0.360 e. The number of nitrogens with one attached hydrogen (secondary N) is 2. The smallest absolute Gasteiger partial charge is 0.257 e. The molecular formula is C23H16N4OS. The van der Waals surface area contributed by atoms with Gasteiger partial charge in [-0.25, -0.2) is 4.98 Å². The highest BCUT2D eigenvalue weighted by Crippen LogP contribution is 2.29. The summed E-state index contributed by atoms with van der Waals surface area (Å²) in [5.41, 5.74) is 5.11. The van der Waals surface area contributed by atoms with Crippen LogP contribution in [0.2, 0.25) is 0 Å². The SMILES string of the molecule is O=C(Nc1cccc(-c2csc(-c3cccnc3)n2)c1)c1c[nH]c2ccccc12. The first-order chi connectivity index (χ1) is 14.3. The van der Waals surface area contributed by atoms with Gasteiger partial charge in [0.2, 0.25) is 0 Å². The monoisotopic (exact) mass is 396 g/mol. The zero-order chi connectivity index (χ0) is 19.6. The summed E-state index contributed by atoms with van der Waals surface area (Å²) in [5, 5.41) is 6.83. The van der Waals surface area contributed by atoms with Crippen LogP contribution >= 0.6 is 11.3 Å². The minimum atomic E-state index is -0.145.